The highest BCUT2D eigenvalue weighted by Crippen LogP contribution is 2.84. The Morgan fingerprint density at radius 3 is 1.82 bits per heavy atom. The Morgan fingerprint density at radius 2 is 1.21 bits per heavy atom. The van der Waals surface area contributed by atoms with Gasteiger partial charge in [-0.1, -0.05) is 129 Å². The molecule has 6 N–H and O–H groups in total. The van der Waals surface area contributed by atoms with Crippen LogP contribution in [0.25, 0.3) is 0 Å². The topological polar surface area (TPSA) is 169 Å². The summed E-state index contributed by atoms with van der Waals surface area (Å²) in [6, 6.07) is -1.06. The average molecular weight is 826 g/mol. The molecule has 57 heavy (non-hydrogen) atoms. The van der Waals surface area contributed by atoms with Gasteiger partial charge in [0.1, 0.15) is 36.6 Å². The highest BCUT2D eigenvalue weighted by molar-refractivity contribution is 7.92. The van der Waals surface area contributed by atoms with Crippen LogP contribution in [0.3, 0.4) is 0 Å². The minimum atomic E-state index is -2.74. The van der Waals surface area contributed by atoms with Gasteiger partial charge in [-0.3, -0.25) is 4.21 Å². The summed E-state index contributed by atoms with van der Waals surface area (Å²) in [6.07, 6.45) is 20.6. The van der Waals surface area contributed by atoms with Crippen molar-refractivity contribution in [2.45, 2.75) is 210 Å². The lowest BCUT2D eigenvalue weighted by Gasteiger charge is -2.48. The van der Waals surface area contributed by atoms with Gasteiger partial charge in [0.15, 0.2) is 6.29 Å². The van der Waals surface area contributed by atoms with Crippen LogP contribution in [-0.4, -0.2) is 109 Å². The third kappa shape index (κ3) is 11.2. The second kappa shape index (κ2) is 22.1. The summed E-state index contributed by atoms with van der Waals surface area (Å²) in [7, 11) is -2.74. The molecule has 0 aromatic rings. The lowest BCUT2D eigenvalue weighted by atomic mass is 9.57. The second-order valence-electron chi connectivity index (χ2n) is 19.8. The first-order chi connectivity index (χ1) is 27.6. The highest BCUT2D eigenvalue weighted by atomic mass is 32.2. The van der Waals surface area contributed by atoms with Gasteiger partial charge in [0.05, 0.1) is 19.3 Å². The van der Waals surface area contributed by atoms with Gasteiger partial charge in [-0.25, -0.2) is 4.36 Å². The van der Waals surface area contributed by atoms with Crippen molar-refractivity contribution < 1.29 is 44.3 Å². The molecule has 5 aliphatic carbocycles. The number of aliphatic hydroxyl groups is 6. The predicted octanol–water partition coefficient (Wildman–Crippen LogP) is 6.99. The summed E-state index contributed by atoms with van der Waals surface area (Å²) in [5.74, 6) is 10.5. The third-order valence-electron chi connectivity index (χ3n) is 16.1. The molecule has 0 spiro atoms. The Hall–Kier alpha value is -0.370. The molecule has 0 amide bonds. The van der Waals surface area contributed by atoms with Crippen LogP contribution in [-0.2, 0) is 19.2 Å². The van der Waals surface area contributed by atoms with Crippen molar-refractivity contribution in [1.29, 1.82) is 0 Å². The van der Waals surface area contributed by atoms with E-state index in [1.165, 1.54) is 102 Å². The van der Waals surface area contributed by atoms with Crippen LogP contribution in [0.5, 0.6) is 0 Å². The van der Waals surface area contributed by atoms with E-state index in [9.17, 15) is 34.8 Å². The number of rotatable bonds is 31. The van der Waals surface area contributed by atoms with Crippen LogP contribution in [0, 0.1) is 53.3 Å². The van der Waals surface area contributed by atoms with Gasteiger partial charge in [-0.2, -0.15) is 0 Å². The van der Waals surface area contributed by atoms with Gasteiger partial charge >= 0.3 is 0 Å². The number of aliphatic hydroxyl groups excluding tert-OH is 6. The van der Waals surface area contributed by atoms with Crippen molar-refractivity contribution >= 4 is 9.73 Å². The minimum absolute atomic E-state index is 0.324. The lowest BCUT2D eigenvalue weighted by molar-refractivity contribution is -0.302. The molecule has 5 saturated carbocycles. The molecule has 11 heteroatoms. The van der Waals surface area contributed by atoms with Gasteiger partial charge in [0.25, 0.3) is 0 Å². The molecule has 10 nitrogen and oxygen atoms in total. The summed E-state index contributed by atoms with van der Waals surface area (Å²) in [4.78, 5) is 0. The fourth-order valence-electron chi connectivity index (χ4n) is 13.4. The van der Waals surface area contributed by atoms with E-state index in [4.69, 9.17) is 9.47 Å². The highest BCUT2D eigenvalue weighted by Gasteiger charge is 2.79. The number of hydrogen-bond acceptors (Lipinski definition) is 10. The summed E-state index contributed by atoms with van der Waals surface area (Å²) in [6.45, 7) is 1.33. The van der Waals surface area contributed by atoms with Crippen molar-refractivity contribution in [3.05, 3.63) is 0 Å². The van der Waals surface area contributed by atoms with E-state index in [1.807, 2.05) is 0 Å². The summed E-state index contributed by atoms with van der Waals surface area (Å²) < 4.78 is 29.6. The molecule has 6 rings (SSSR count). The fraction of sp³-hybridized carbons (Fsp3) is 1.00. The van der Waals surface area contributed by atoms with E-state index in [-0.39, 0.29) is 6.61 Å². The zero-order valence-corrected chi connectivity index (χ0v) is 36.5. The number of hydrogen-bond donors (Lipinski definition) is 6. The average Bonchev–Trinajstić information content (AvgIpc) is 3.77. The maximum Gasteiger partial charge on any atom is 0.186 e. The summed E-state index contributed by atoms with van der Waals surface area (Å²) in [5.41, 5.74) is 0. The first kappa shape index (κ1) is 46.1. The standard InChI is InChI=1S/C46H83NO9S/c1-3-4-5-6-7-8-9-10-11-15-18-21-24-36(49)42(50)35(29-55-46-45(53)44(52)43(51)37(28-48)56-46)47-57(2,54)25-22-19-16-13-12-14-17-20-23-30-38-31-26-34-39(30)41-33(38)27-32(31)40(34)41/h30-46,48-53H,3-29H2,1-2H3/t30?,31-,32?,33?,34?,35+,36-,37?,38-,39?,40?,41?,42+,43?,44?,45?,46?,57?/m1/s1. The molecule has 0 radical (unpaired) electrons. The van der Waals surface area contributed by atoms with E-state index in [0.29, 0.717) is 12.2 Å². The zero-order valence-electron chi connectivity index (χ0n) is 35.7. The van der Waals surface area contributed by atoms with Crippen LogP contribution in [0.2, 0.25) is 0 Å². The molecule has 6 aliphatic rings. The van der Waals surface area contributed by atoms with Gasteiger partial charge in [0, 0.05) is 21.7 Å². The molecule has 6 fully saturated rings. The largest absolute Gasteiger partial charge is 0.394 e. The van der Waals surface area contributed by atoms with Crippen molar-refractivity contribution in [2.24, 2.45) is 57.6 Å². The van der Waals surface area contributed by atoms with Gasteiger partial charge in [-0.05, 0) is 85.4 Å². The molecule has 2 bridgehead atoms. The monoisotopic (exact) mass is 826 g/mol. The molecule has 1 heterocycles. The molecular weight excluding hydrogens is 743 g/mol. The number of unbranched alkanes of at least 4 members (excludes halogenated alkanes) is 18. The first-order valence-electron chi connectivity index (χ1n) is 24.0. The molecule has 18 atom stereocenters. The van der Waals surface area contributed by atoms with Crippen molar-refractivity contribution in [2.75, 3.05) is 25.2 Å². The van der Waals surface area contributed by atoms with Crippen molar-refractivity contribution in [1.82, 2.24) is 0 Å². The zero-order chi connectivity index (χ0) is 40.5. The Bertz CT molecular complexity index is 1300. The van der Waals surface area contributed by atoms with Crippen LogP contribution < -0.4 is 0 Å². The van der Waals surface area contributed by atoms with Gasteiger partial charge < -0.3 is 40.1 Å². The molecule has 1 saturated heterocycles. The molecule has 0 aromatic carbocycles. The van der Waals surface area contributed by atoms with Crippen LogP contribution in [0.1, 0.15) is 161 Å². The molecular formula is C46H83NO9S. The molecule has 1 aliphatic heterocycles. The summed E-state index contributed by atoms with van der Waals surface area (Å²) >= 11 is 0. The van der Waals surface area contributed by atoms with E-state index < -0.39 is 65.3 Å². The minimum Gasteiger partial charge on any atom is -0.394 e. The van der Waals surface area contributed by atoms with Crippen LogP contribution in [0.4, 0.5) is 0 Å². The first-order valence-corrected chi connectivity index (χ1v) is 26.1. The van der Waals surface area contributed by atoms with E-state index >= 15 is 0 Å². The maximum absolute atomic E-state index is 13.8. The number of fused-ring (bicyclic) bond motifs is 2. The smallest absolute Gasteiger partial charge is 0.186 e. The summed E-state index contributed by atoms with van der Waals surface area (Å²) in [5, 5.41) is 62.8. The Labute approximate surface area is 345 Å². The SMILES string of the molecule is CCCCCCCCCCCCCC[C@@H](O)[C@@H](O)[C@H](COC1OC(CO)C(O)C(O)C1O)N=S(C)(=O)CCCCCCCCCCC1C2C3C[C@@H]4C5CC(C2C35)[C@H]14. The van der Waals surface area contributed by atoms with Crippen LogP contribution >= 0.6 is 0 Å². The normalized spacial score (nSPS) is 38.4. The molecule has 0 aromatic heterocycles. The van der Waals surface area contributed by atoms with Crippen LogP contribution in [0.15, 0.2) is 4.36 Å². The predicted molar refractivity (Wildman–Crippen MR) is 225 cm³/mol. The quantitative estimate of drug-likeness (QED) is 0.0404. The lowest BCUT2D eigenvalue weighted by Crippen LogP contribution is -2.59. The Balaban J connectivity index is 0.875. The fourth-order valence-corrected chi connectivity index (χ4v) is 15.0. The molecule has 13 unspecified atom stereocenters. The Kier molecular flexibility index (Phi) is 17.9. The van der Waals surface area contributed by atoms with E-state index in [2.05, 4.69) is 11.3 Å². The second-order valence-corrected chi connectivity index (χ2v) is 22.4. The number of ether oxygens (including phenoxy) is 2. The van der Waals surface area contributed by atoms with E-state index in [1.54, 1.807) is 19.1 Å². The Morgan fingerprint density at radius 1 is 0.667 bits per heavy atom. The molecule has 332 valence electrons. The third-order valence-corrected chi connectivity index (χ3v) is 17.8. The maximum atomic E-state index is 13.8. The van der Waals surface area contributed by atoms with Crippen molar-refractivity contribution in [3.63, 3.8) is 0 Å². The van der Waals surface area contributed by atoms with Gasteiger partial charge in [-0.15, -0.1) is 0 Å². The van der Waals surface area contributed by atoms with E-state index in [0.717, 1.165) is 85.9 Å². The number of nitrogens with zero attached hydrogens (tertiary/aromatic N) is 1. The van der Waals surface area contributed by atoms with Gasteiger partial charge in [0.2, 0.25) is 0 Å². The van der Waals surface area contributed by atoms with Crippen molar-refractivity contribution in [3.8, 4) is 0 Å².